The zero-order valence-electron chi connectivity index (χ0n) is 14.3. The van der Waals surface area contributed by atoms with Crippen LogP contribution in [0.4, 0.5) is 0 Å². The fraction of sp³-hybridized carbons (Fsp3) is 0.474. The van der Waals surface area contributed by atoms with E-state index in [2.05, 4.69) is 32.0 Å². The van der Waals surface area contributed by atoms with Crippen LogP contribution in [0.15, 0.2) is 28.7 Å². The zero-order valence-corrected chi connectivity index (χ0v) is 15.9. The van der Waals surface area contributed by atoms with Gasteiger partial charge in [0.15, 0.2) is 0 Å². The van der Waals surface area contributed by atoms with Gasteiger partial charge in [0.2, 0.25) is 0 Å². The lowest BCUT2D eigenvalue weighted by atomic mass is 10.2. The quantitative estimate of drug-likeness (QED) is 0.763. The summed E-state index contributed by atoms with van der Waals surface area (Å²) in [5.74, 6) is 1.91. The average molecular weight is 404 g/mol. The van der Waals surface area contributed by atoms with Gasteiger partial charge in [0.1, 0.15) is 5.75 Å². The Labute approximate surface area is 155 Å². The van der Waals surface area contributed by atoms with Gasteiger partial charge < -0.3 is 10.1 Å². The number of hydrogen-bond acceptors (Lipinski definition) is 3. The van der Waals surface area contributed by atoms with E-state index in [0.717, 1.165) is 4.47 Å². The fourth-order valence-electron chi connectivity index (χ4n) is 3.09. The van der Waals surface area contributed by atoms with Crippen molar-refractivity contribution < 1.29 is 9.53 Å². The highest BCUT2D eigenvalue weighted by Gasteiger charge is 2.32. The molecule has 0 atom stereocenters. The van der Waals surface area contributed by atoms with Crippen LogP contribution in [-0.2, 0) is 6.54 Å². The normalized spacial score (nSPS) is 16.7. The van der Waals surface area contributed by atoms with Crippen molar-refractivity contribution in [3.8, 4) is 5.75 Å². The van der Waals surface area contributed by atoms with E-state index in [-0.39, 0.29) is 5.91 Å². The second kappa shape index (κ2) is 6.83. The summed E-state index contributed by atoms with van der Waals surface area (Å²) < 4.78 is 8.07. The Morgan fingerprint density at radius 1 is 1.28 bits per heavy atom. The van der Waals surface area contributed by atoms with E-state index in [1.807, 2.05) is 12.1 Å². The third-order valence-electron chi connectivity index (χ3n) is 4.85. The molecule has 1 aromatic heterocycles. The molecule has 1 N–H and O–H groups in total. The van der Waals surface area contributed by atoms with E-state index in [1.165, 1.54) is 37.1 Å². The minimum Gasteiger partial charge on any atom is -0.497 e. The predicted molar refractivity (Wildman–Crippen MR) is 99.2 cm³/mol. The second-order valence-electron chi connectivity index (χ2n) is 6.87. The van der Waals surface area contributed by atoms with Gasteiger partial charge >= 0.3 is 0 Å². The number of nitrogens with one attached hydrogen (secondary N) is 1. The van der Waals surface area contributed by atoms with Crippen molar-refractivity contribution in [1.82, 2.24) is 15.1 Å². The van der Waals surface area contributed by atoms with Gasteiger partial charge in [-0.05, 0) is 65.9 Å². The lowest BCUT2D eigenvalue weighted by Crippen LogP contribution is -2.28. The van der Waals surface area contributed by atoms with Gasteiger partial charge in [0.25, 0.3) is 5.91 Å². The number of aromatic nitrogens is 2. The molecule has 5 nitrogen and oxygen atoms in total. The number of hydrogen-bond donors (Lipinski definition) is 1. The van der Waals surface area contributed by atoms with Crippen LogP contribution >= 0.6 is 15.9 Å². The van der Waals surface area contributed by atoms with E-state index in [4.69, 9.17) is 9.84 Å². The summed E-state index contributed by atoms with van der Waals surface area (Å²) in [5, 5.41) is 7.78. The number of halogens is 1. The van der Waals surface area contributed by atoms with Crippen LogP contribution in [0.2, 0.25) is 0 Å². The van der Waals surface area contributed by atoms with Crippen molar-refractivity contribution in [3.63, 3.8) is 0 Å². The highest BCUT2D eigenvalue weighted by molar-refractivity contribution is 9.10. The molecule has 1 amide bonds. The SMILES string of the molecule is COc1ccc(Br)c(C(=O)NCCn2nc(C3CC3)cc2C2CC2)c1. The van der Waals surface area contributed by atoms with Gasteiger partial charge in [-0.2, -0.15) is 5.10 Å². The fourth-order valence-corrected chi connectivity index (χ4v) is 3.52. The van der Waals surface area contributed by atoms with E-state index >= 15 is 0 Å². The van der Waals surface area contributed by atoms with Crippen molar-refractivity contribution in [3.05, 3.63) is 45.7 Å². The van der Waals surface area contributed by atoms with Crippen LogP contribution in [0, 0.1) is 0 Å². The maximum Gasteiger partial charge on any atom is 0.252 e. The van der Waals surface area contributed by atoms with Gasteiger partial charge in [-0.3, -0.25) is 9.48 Å². The molecule has 25 heavy (non-hydrogen) atoms. The molecule has 2 aromatic rings. The Kier molecular flexibility index (Phi) is 4.54. The predicted octanol–water partition coefficient (Wildman–Crippen LogP) is 3.84. The van der Waals surface area contributed by atoms with Gasteiger partial charge in [0, 0.05) is 28.5 Å². The molecule has 0 radical (unpaired) electrons. The molecule has 6 heteroatoms. The molecule has 0 bridgehead atoms. The number of nitrogens with zero attached hydrogens (tertiary/aromatic N) is 2. The summed E-state index contributed by atoms with van der Waals surface area (Å²) in [6, 6.07) is 7.68. The summed E-state index contributed by atoms with van der Waals surface area (Å²) in [7, 11) is 1.60. The number of benzene rings is 1. The molecule has 2 aliphatic carbocycles. The van der Waals surface area contributed by atoms with Crippen molar-refractivity contribution in [1.29, 1.82) is 0 Å². The molecule has 0 aliphatic heterocycles. The molecular weight excluding hydrogens is 382 g/mol. The zero-order chi connectivity index (χ0) is 17.4. The van der Waals surface area contributed by atoms with Gasteiger partial charge in [-0.25, -0.2) is 0 Å². The first-order valence-corrected chi connectivity index (χ1v) is 9.64. The van der Waals surface area contributed by atoms with E-state index in [1.54, 1.807) is 13.2 Å². The Morgan fingerprint density at radius 3 is 2.72 bits per heavy atom. The molecule has 0 saturated heterocycles. The maximum absolute atomic E-state index is 12.5. The molecule has 1 heterocycles. The highest BCUT2D eigenvalue weighted by Crippen LogP contribution is 2.44. The third kappa shape index (κ3) is 3.73. The first kappa shape index (κ1) is 16.6. The summed E-state index contributed by atoms with van der Waals surface area (Å²) in [6.07, 6.45) is 5.06. The summed E-state index contributed by atoms with van der Waals surface area (Å²) in [5.41, 5.74) is 3.17. The largest absolute Gasteiger partial charge is 0.497 e. The lowest BCUT2D eigenvalue weighted by Gasteiger charge is -2.10. The molecule has 2 saturated carbocycles. The van der Waals surface area contributed by atoms with Crippen molar-refractivity contribution >= 4 is 21.8 Å². The van der Waals surface area contributed by atoms with Crippen LogP contribution in [0.3, 0.4) is 0 Å². The summed E-state index contributed by atoms with van der Waals surface area (Å²) >= 11 is 3.43. The van der Waals surface area contributed by atoms with Crippen LogP contribution in [-0.4, -0.2) is 29.3 Å². The molecule has 0 unspecified atom stereocenters. The van der Waals surface area contributed by atoms with Crippen LogP contribution in [0.25, 0.3) is 0 Å². The topological polar surface area (TPSA) is 56.1 Å². The van der Waals surface area contributed by atoms with Crippen molar-refractivity contribution in [2.45, 2.75) is 44.1 Å². The van der Waals surface area contributed by atoms with E-state index < -0.39 is 0 Å². The number of carbonyl (C=O) groups is 1. The van der Waals surface area contributed by atoms with Crippen molar-refractivity contribution in [2.24, 2.45) is 0 Å². The molecule has 0 spiro atoms. The number of ether oxygens (including phenoxy) is 1. The van der Waals surface area contributed by atoms with Gasteiger partial charge in [-0.15, -0.1) is 0 Å². The smallest absolute Gasteiger partial charge is 0.252 e. The average Bonchev–Trinajstić information content (AvgIpc) is 3.54. The Hall–Kier alpha value is -1.82. The highest BCUT2D eigenvalue weighted by atomic mass is 79.9. The number of carbonyl (C=O) groups excluding carboxylic acids is 1. The minimum atomic E-state index is -0.103. The second-order valence-corrected chi connectivity index (χ2v) is 7.72. The first-order chi connectivity index (χ1) is 12.2. The molecule has 1 aromatic carbocycles. The van der Waals surface area contributed by atoms with Gasteiger partial charge in [-0.1, -0.05) is 0 Å². The van der Waals surface area contributed by atoms with E-state index in [9.17, 15) is 4.79 Å². The molecule has 4 rings (SSSR count). The number of methoxy groups -OCH3 is 1. The monoisotopic (exact) mass is 403 g/mol. The molecular formula is C19H22BrN3O2. The maximum atomic E-state index is 12.5. The van der Waals surface area contributed by atoms with Crippen LogP contribution < -0.4 is 10.1 Å². The van der Waals surface area contributed by atoms with Crippen LogP contribution in [0.5, 0.6) is 5.75 Å². The molecule has 2 fully saturated rings. The summed E-state index contributed by atoms with van der Waals surface area (Å²) in [6.45, 7) is 1.28. The number of amides is 1. The minimum absolute atomic E-state index is 0.103. The van der Waals surface area contributed by atoms with Crippen molar-refractivity contribution in [2.75, 3.05) is 13.7 Å². The third-order valence-corrected chi connectivity index (χ3v) is 5.54. The molecule has 2 aliphatic rings. The first-order valence-electron chi connectivity index (χ1n) is 8.85. The van der Waals surface area contributed by atoms with E-state index in [0.29, 0.717) is 36.2 Å². The Morgan fingerprint density at radius 2 is 2.04 bits per heavy atom. The molecule has 132 valence electrons. The number of rotatable bonds is 7. The Balaban J connectivity index is 1.40. The standard InChI is InChI=1S/C19H22BrN3O2/c1-25-14-6-7-16(20)15(10-14)19(24)21-8-9-23-18(13-4-5-13)11-17(22-23)12-2-3-12/h6-7,10-13H,2-5,8-9H2,1H3,(H,21,24). The Bertz CT molecular complexity index is 794. The lowest BCUT2D eigenvalue weighted by molar-refractivity contribution is 0.0950. The summed E-state index contributed by atoms with van der Waals surface area (Å²) in [4.78, 5) is 12.5. The van der Waals surface area contributed by atoms with Crippen LogP contribution in [0.1, 0.15) is 59.3 Å². The van der Waals surface area contributed by atoms with Gasteiger partial charge in [0.05, 0.1) is 24.9 Å².